The summed E-state index contributed by atoms with van der Waals surface area (Å²) >= 11 is 7.14. The molecule has 2 rings (SSSR count). The van der Waals surface area contributed by atoms with Gasteiger partial charge in [-0.3, -0.25) is 19.5 Å². The van der Waals surface area contributed by atoms with Crippen molar-refractivity contribution < 1.29 is 9.59 Å². The monoisotopic (exact) mass is 424 g/mol. The van der Waals surface area contributed by atoms with E-state index in [2.05, 4.69) is 15.6 Å². The number of urea groups is 1. The second-order valence-corrected chi connectivity index (χ2v) is 8.19. The molecule has 0 radical (unpaired) electrons. The molecule has 0 atom stereocenters. The highest BCUT2D eigenvalue weighted by Crippen LogP contribution is 2.21. The molecule has 1 heterocycles. The van der Waals surface area contributed by atoms with Crippen molar-refractivity contribution in [2.24, 2.45) is 5.92 Å². The van der Waals surface area contributed by atoms with Gasteiger partial charge in [-0.05, 0) is 30.5 Å². The topological polar surface area (TPSA) is 93.1 Å². The fraction of sp³-hybridized carbons (Fsp3) is 0.474. The SMILES string of the molecule is CCCCNC(=O)NC(=O)CSc1nc2ccc(Cl)cc2c(=O)n1CC(C)C. The molecule has 1 aromatic heterocycles. The van der Waals surface area contributed by atoms with Gasteiger partial charge in [-0.2, -0.15) is 0 Å². The fourth-order valence-electron chi connectivity index (χ4n) is 2.52. The minimum absolute atomic E-state index is 0.0230. The van der Waals surface area contributed by atoms with Crippen LogP contribution in [0.4, 0.5) is 4.79 Å². The quantitative estimate of drug-likeness (QED) is 0.384. The van der Waals surface area contributed by atoms with Gasteiger partial charge in [-0.15, -0.1) is 0 Å². The Morgan fingerprint density at radius 2 is 2.07 bits per heavy atom. The number of halogens is 1. The first kappa shape index (κ1) is 22.2. The van der Waals surface area contributed by atoms with Crippen molar-refractivity contribution in [3.63, 3.8) is 0 Å². The number of hydrogen-bond donors (Lipinski definition) is 2. The molecule has 7 nitrogen and oxygen atoms in total. The van der Waals surface area contributed by atoms with E-state index in [0.717, 1.165) is 24.6 Å². The highest BCUT2D eigenvalue weighted by Gasteiger charge is 2.15. The summed E-state index contributed by atoms with van der Waals surface area (Å²) in [5.74, 6) is -0.251. The van der Waals surface area contributed by atoms with Crippen LogP contribution in [-0.2, 0) is 11.3 Å². The molecule has 3 amide bonds. The van der Waals surface area contributed by atoms with Gasteiger partial charge in [-0.1, -0.05) is 50.6 Å². The molecule has 0 saturated carbocycles. The summed E-state index contributed by atoms with van der Waals surface area (Å²) < 4.78 is 1.56. The second kappa shape index (κ2) is 10.5. The van der Waals surface area contributed by atoms with Crippen molar-refractivity contribution in [2.75, 3.05) is 12.3 Å². The Balaban J connectivity index is 2.16. The maximum absolute atomic E-state index is 12.9. The molecule has 0 fully saturated rings. The van der Waals surface area contributed by atoms with Crippen LogP contribution >= 0.6 is 23.4 Å². The zero-order valence-electron chi connectivity index (χ0n) is 16.3. The summed E-state index contributed by atoms with van der Waals surface area (Å²) in [5.41, 5.74) is 0.330. The van der Waals surface area contributed by atoms with Crippen molar-refractivity contribution in [1.29, 1.82) is 0 Å². The van der Waals surface area contributed by atoms with Crippen molar-refractivity contribution in [3.8, 4) is 0 Å². The smallest absolute Gasteiger partial charge is 0.321 e. The van der Waals surface area contributed by atoms with Gasteiger partial charge in [0.05, 0.1) is 16.7 Å². The van der Waals surface area contributed by atoms with Crippen molar-refractivity contribution in [2.45, 2.75) is 45.3 Å². The van der Waals surface area contributed by atoms with Crippen LogP contribution in [0.5, 0.6) is 0 Å². The maximum Gasteiger partial charge on any atom is 0.321 e. The maximum atomic E-state index is 12.9. The summed E-state index contributed by atoms with van der Waals surface area (Å²) in [6, 6.07) is 4.44. The molecule has 9 heteroatoms. The lowest BCUT2D eigenvalue weighted by Gasteiger charge is -2.15. The molecule has 0 aliphatic heterocycles. The van der Waals surface area contributed by atoms with Crippen LogP contribution in [0, 0.1) is 5.92 Å². The lowest BCUT2D eigenvalue weighted by atomic mass is 10.2. The van der Waals surface area contributed by atoms with Gasteiger partial charge in [0.15, 0.2) is 5.16 Å². The largest absolute Gasteiger partial charge is 0.338 e. The number of unbranched alkanes of at least 4 members (excludes halogenated alkanes) is 1. The van der Waals surface area contributed by atoms with Gasteiger partial charge < -0.3 is 5.32 Å². The van der Waals surface area contributed by atoms with Gasteiger partial charge in [0.25, 0.3) is 5.56 Å². The lowest BCUT2D eigenvalue weighted by Crippen LogP contribution is -2.40. The highest BCUT2D eigenvalue weighted by atomic mass is 35.5. The fourth-order valence-corrected chi connectivity index (χ4v) is 3.51. The minimum atomic E-state index is -0.514. The Kier molecular flexibility index (Phi) is 8.32. The first-order valence-corrected chi connectivity index (χ1v) is 10.6. The molecule has 28 heavy (non-hydrogen) atoms. The summed E-state index contributed by atoms with van der Waals surface area (Å²) in [4.78, 5) is 41.2. The normalized spacial score (nSPS) is 11.0. The van der Waals surface area contributed by atoms with Crippen LogP contribution in [0.15, 0.2) is 28.2 Å². The van der Waals surface area contributed by atoms with Gasteiger partial charge in [-0.25, -0.2) is 9.78 Å². The Labute approximate surface area is 173 Å². The van der Waals surface area contributed by atoms with E-state index < -0.39 is 11.9 Å². The van der Waals surface area contributed by atoms with E-state index in [-0.39, 0.29) is 17.2 Å². The molecule has 0 saturated heterocycles. The van der Waals surface area contributed by atoms with Crippen LogP contribution in [0.1, 0.15) is 33.6 Å². The van der Waals surface area contributed by atoms with Gasteiger partial charge in [0.2, 0.25) is 5.91 Å². The van der Waals surface area contributed by atoms with E-state index in [1.807, 2.05) is 20.8 Å². The number of carbonyl (C=O) groups excluding carboxylic acids is 2. The zero-order valence-corrected chi connectivity index (χ0v) is 17.8. The number of aromatic nitrogens is 2. The van der Waals surface area contributed by atoms with Crippen LogP contribution in [0.3, 0.4) is 0 Å². The standard InChI is InChI=1S/C19H25ClN4O3S/c1-4-5-8-21-18(27)23-16(25)11-28-19-22-15-7-6-13(20)9-14(15)17(26)24(19)10-12(2)3/h6-7,9,12H,4-5,8,10-11H2,1-3H3,(H2,21,23,25,27). The number of nitrogens with one attached hydrogen (secondary N) is 2. The third-order valence-electron chi connectivity index (χ3n) is 3.83. The Bertz CT molecular complexity index is 914. The number of carbonyl (C=O) groups is 2. The average Bonchev–Trinajstić information content (AvgIpc) is 2.63. The van der Waals surface area contributed by atoms with E-state index in [9.17, 15) is 14.4 Å². The molecule has 0 spiro atoms. The Morgan fingerprint density at radius 1 is 1.32 bits per heavy atom. The molecule has 0 aliphatic rings. The number of amides is 3. The first-order chi connectivity index (χ1) is 13.3. The number of imide groups is 1. The molecule has 0 bridgehead atoms. The zero-order chi connectivity index (χ0) is 20.7. The van der Waals surface area contributed by atoms with Crippen LogP contribution in [0.2, 0.25) is 5.02 Å². The average molecular weight is 425 g/mol. The summed E-state index contributed by atoms with van der Waals surface area (Å²) in [6.45, 7) is 7.00. The minimum Gasteiger partial charge on any atom is -0.338 e. The summed E-state index contributed by atoms with van der Waals surface area (Å²) in [6.07, 6.45) is 1.80. The predicted octanol–water partition coefficient (Wildman–Crippen LogP) is 3.42. The third-order valence-corrected chi connectivity index (χ3v) is 5.04. The van der Waals surface area contributed by atoms with Gasteiger partial charge in [0, 0.05) is 18.1 Å². The highest BCUT2D eigenvalue weighted by molar-refractivity contribution is 7.99. The number of benzene rings is 1. The predicted molar refractivity (Wildman–Crippen MR) is 113 cm³/mol. The van der Waals surface area contributed by atoms with E-state index in [4.69, 9.17) is 11.6 Å². The molecule has 1 aromatic carbocycles. The van der Waals surface area contributed by atoms with Gasteiger partial charge in [0.1, 0.15) is 0 Å². The number of fused-ring (bicyclic) bond motifs is 1. The summed E-state index contributed by atoms with van der Waals surface area (Å²) in [5, 5.41) is 6.26. The molecular weight excluding hydrogens is 400 g/mol. The van der Waals surface area contributed by atoms with Gasteiger partial charge >= 0.3 is 6.03 Å². The van der Waals surface area contributed by atoms with Crippen molar-refractivity contribution in [1.82, 2.24) is 20.2 Å². The molecule has 2 aromatic rings. The number of thioether (sulfide) groups is 1. The number of hydrogen-bond acceptors (Lipinski definition) is 5. The number of rotatable bonds is 8. The van der Waals surface area contributed by atoms with E-state index in [1.54, 1.807) is 22.8 Å². The molecule has 152 valence electrons. The number of nitrogens with zero attached hydrogens (tertiary/aromatic N) is 2. The van der Waals surface area contributed by atoms with E-state index >= 15 is 0 Å². The van der Waals surface area contributed by atoms with Crippen LogP contribution < -0.4 is 16.2 Å². The lowest BCUT2D eigenvalue weighted by molar-refractivity contribution is -0.117. The second-order valence-electron chi connectivity index (χ2n) is 6.81. The van der Waals surface area contributed by atoms with E-state index in [1.165, 1.54) is 0 Å². The Morgan fingerprint density at radius 3 is 2.75 bits per heavy atom. The van der Waals surface area contributed by atoms with Crippen molar-refractivity contribution >= 4 is 46.2 Å². The first-order valence-electron chi connectivity index (χ1n) is 9.22. The van der Waals surface area contributed by atoms with Crippen LogP contribution in [0.25, 0.3) is 10.9 Å². The van der Waals surface area contributed by atoms with Crippen LogP contribution in [-0.4, -0.2) is 33.8 Å². The third kappa shape index (κ3) is 6.24. The van der Waals surface area contributed by atoms with E-state index in [0.29, 0.717) is 34.2 Å². The Hall–Kier alpha value is -2.06. The molecule has 2 N–H and O–H groups in total. The molecule has 0 aliphatic carbocycles. The summed E-state index contributed by atoms with van der Waals surface area (Å²) in [7, 11) is 0. The molecular formula is C19H25ClN4O3S. The molecule has 0 unspecified atom stereocenters. The van der Waals surface area contributed by atoms with Crippen molar-refractivity contribution in [3.05, 3.63) is 33.6 Å².